The predicted octanol–water partition coefficient (Wildman–Crippen LogP) is 4.69. The van der Waals surface area contributed by atoms with Crippen LogP contribution in [0.4, 0.5) is 13.2 Å². The average Bonchev–Trinajstić information content (AvgIpc) is 2.70. The molecule has 0 fully saturated rings. The van der Waals surface area contributed by atoms with E-state index < -0.39 is 17.7 Å². The van der Waals surface area contributed by atoms with Crippen LogP contribution in [-0.4, -0.2) is 49.6 Å². The summed E-state index contributed by atoms with van der Waals surface area (Å²) in [5, 5.41) is 8.49. The Bertz CT molecular complexity index is 920. The summed E-state index contributed by atoms with van der Waals surface area (Å²) in [5.41, 5.74) is -0.703. The number of alkyl halides is 3. The molecule has 0 amide bonds. The number of carboxylic acids is 1. The second-order valence-electron chi connectivity index (χ2n) is 5.94. The van der Waals surface area contributed by atoms with Crippen LogP contribution in [0.3, 0.4) is 0 Å². The molecule has 2 rings (SSSR count). The summed E-state index contributed by atoms with van der Waals surface area (Å²) in [6.45, 7) is 1.37. The monoisotopic (exact) mass is 461 g/mol. The Morgan fingerprint density at radius 1 is 1.19 bits per heavy atom. The molecule has 0 aliphatic carbocycles. The lowest BCUT2D eigenvalue weighted by Gasteiger charge is -2.13. The minimum Gasteiger partial charge on any atom is -0.491 e. The summed E-state index contributed by atoms with van der Waals surface area (Å²) in [6.07, 6.45) is -1.88. The lowest BCUT2D eigenvalue weighted by molar-refractivity contribution is -0.138. The number of hydrogen-bond donors (Lipinski definition) is 1. The smallest absolute Gasteiger partial charge is 0.417 e. The molecule has 7 nitrogen and oxygen atoms in total. The number of aromatic nitrogens is 1. The number of carbonyl (C=O) groups is 1. The van der Waals surface area contributed by atoms with Crippen molar-refractivity contribution in [3.63, 3.8) is 0 Å². The molecule has 0 atom stereocenters. The van der Waals surface area contributed by atoms with Gasteiger partial charge in [-0.2, -0.15) is 13.2 Å². The number of methoxy groups -OCH3 is 1. The van der Waals surface area contributed by atoms with E-state index in [-0.39, 0.29) is 23.3 Å². The quantitative estimate of drug-likeness (QED) is 0.384. The van der Waals surface area contributed by atoms with Crippen LogP contribution in [0.2, 0.25) is 5.02 Å². The zero-order valence-electron chi connectivity index (χ0n) is 16.3. The molecule has 0 unspecified atom stereocenters. The zero-order chi connectivity index (χ0) is 22.9. The summed E-state index contributed by atoms with van der Waals surface area (Å²) in [7, 11) is 1.56. The molecule has 1 aromatic carbocycles. The predicted molar refractivity (Wildman–Crippen MR) is 106 cm³/mol. The van der Waals surface area contributed by atoms with Crippen molar-refractivity contribution in [1.29, 1.82) is 0 Å². The van der Waals surface area contributed by atoms with Crippen molar-refractivity contribution >= 4 is 23.6 Å². The van der Waals surface area contributed by atoms with E-state index in [9.17, 15) is 18.0 Å². The number of carboxylic acid groups (broad SMARTS) is 1. The van der Waals surface area contributed by atoms with Crippen LogP contribution >= 0.6 is 11.6 Å². The fourth-order valence-corrected chi connectivity index (χ4v) is 2.42. The molecule has 11 heteroatoms. The topological polar surface area (TPSA) is 87.1 Å². The number of aliphatic carboxylic acids is 1. The molecule has 0 saturated carbocycles. The molecule has 2 aromatic rings. The normalized spacial score (nSPS) is 11.6. The van der Waals surface area contributed by atoms with Gasteiger partial charge in [-0.3, -0.25) is 0 Å². The van der Waals surface area contributed by atoms with Gasteiger partial charge in [0, 0.05) is 31.0 Å². The number of hydrogen-bond acceptors (Lipinski definition) is 6. The summed E-state index contributed by atoms with van der Waals surface area (Å²) in [6, 6.07) is 5.22. The minimum atomic E-state index is -4.61. The van der Waals surface area contributed by atoms with E-state index in [1.807, 2.05) is 0 Å². The fraction of sp³-hybridized carbons (Fsp3) is 0.300. The molecule has 0 aliphatic heterocycles. The van der Waals surface area contributed by atoms with Gasteiger partial charge in [0.25, 0.3) is 0 Å². The Labute approximate surface area is 181 Å². The third kappa shape index (κ3) is 8.08. The van der Waals surface area contributed by atoms with Crippen LogP contribution in [0.1, 0.15) is 11.1 Å². The van der Waals surface area contributed by atoms with Crippen LogP contribution in [0.5, 0.6) is 17.4 Å². The molecular weight excluding hydrogens is 443 g/mol. The summed E-state index contributed by atoms with van der Waals surface area (Å²) >= 11 is 5.89. The van der Waals surface area contributed by atoms with Crippen molar-refractivity contribution < 1.29 is 42.0 Å². The lowest BCUT2D eigenvalue weighted by atomic mass is 10.1. The maximum absolute atomic E-state index is 12.8. The zero-order valence-corrected chi connectivity index (χ0v) is 17.1. The molecule has 1 heterocycles. The standard InChI is InChI=1S/C20H19ClF3NO6/c1-28-6-7-29-8-9-30-15-4-2-13(3-5-18(26)27)17(11-15)31-19-16(21)10-14(12-25-19)20(22,23)24/h2-5,10-12H,6-9H2,1H3,(H,26,27)/b5-3+. The number of halogens is 4. The van der Waals surface area contributed by atoms with Gasteiger partial charge in [0.15, 0.2) is 0 Å². The van der Waals surface area contributed by atoms with Gasteiger partial charge in [0.05, 0.1) is 25.4 Å². The SMILES string of the molecule is COCCOCCOc1ccc(/C=C/C(=O)O)c(Oc2ncc(C(F)(F)F)cc2Cl)c1. The Morgan fingerprint density at radius 3 is 2.58 bits per heavy atom. The molecule has 168 valence electrons. The Morgan fingerprint density at radius 2 is 1.94 bits per heavy atom. The van der Waals surface area contributed by atoms with Gasteiger partial charge in [0.1, 0.15) is 23.1 Å². The summed E-state index contributed by atoms with van der Waals surface area (Å²) < 4.78 is 59.6. The van der Waals surface area contributed by atoms with Crippen molar-refractivity contribution in [2.24, 2.45) is 0 Å². The molecule has 0 radical (unpaired) electrons. The van der Waals surface area contributed by atoms with Crippen molar-refractivity contribution in [3.05, 3.63) is 52.7 Å². The van der Waals surface area contributed by atoms with Gasteiger partial charge >= 0.3 is 12.1 Å². The average molecular weight is 462 g/mol. The van der Waals surface area contributed by atoms with Crippen molar-refractivity contribution in [2.45, 2.75) is 6.18 Å². The minimum absolute atomic E-state index is 0.0875. The van der Waals surface area contributed by atoms with Crippen molar-refractivity contribution in [2.75, 3.05) is 33.5 Å². The number of ether oxygens (including phenoxy) is 4. The van der Waals surface area contributed by atoms with E-state index >= 15 is 0 Å². The van der Waals surface area contributed by atoms with E-state index in [0.717, 1.165) is 6.08 Å². The van der Waals surface area contributed by atoms with Crippen LogP contribution < -0.4 is 9.47 Å². The first kappa shape index (κ1) is 24.4. The van der Waals surface area contributed by atoms with Crippen LogP contribution in [0, 0.1) is 0 Å². The number of benzene rings is 1. The molecule has 1 N–H and O–H groups in total. The maximum atomic E-state index is 12.8. The molecule has 1 aromatic heterocycles. The number of pyridine rings is 1. The van der Waals surface area contributed by atoms with E-state index in [4.69, 9.17) is 35.7 Å². The molecule has 0 saturated heterocycles. The van der Waals surface area contributed by atoms with E-state index in [2.05, 4.69) is 4.98 Å². The first-order valence-electron chi connectivity index (χ1n) is 8.86. The van der Waals surface area contributed by atoms with Gasteiger partial charge < -0.3 is 24.1 Å². The van der Waals surface area contributed by atoms with Crippen LogP contribution in [0.25, 0.3) is 6.08 Å². The highest BCUT2D eigenvalue weighted by atomic mass is 35.5. The second kappa shape index (κ2) is 11.5. The highest BCUT2D eigenvalue weighted by Crippen LogP contribution is 2.36. The lowest BCUT2D eigenvalue weighted by Crippen LogP contribution is -2.10. The Balaban J connectivity index is 2.20. The Hall–Kier alpha value is -2.82. The van der Waals surface area contributed by atoms with Crippen molar-refractivity contribution in [3.8, 4) is 17.4 Å². The summed E-state index contributed by atoms with van der Waals surface area (Å²) in [4.78, 5) is 14.5. The van der Waals surface area contributed by atoms with E-state index in [1.165, 1.54) is 18.2 Å². The third-order valence-electron chi connectivity index (χ3n) is 3.66. The van der Waals surface area contributed by atoms with Gasteiger partial charge in [-0.25, -0.2) is 9.78 Å². The molecule has 31 heavy (non-hydrogen) atoms. The number of nitrogens with zero attached hydrogens (tertiary/aromatic N) is 1. The van der Waals surface area contributed by atoms with Gasteiger partial charge in [-0.15, -0.1) is 0 Å². The largest absolute Gasteiger partial charge is 0.491 e. The van der Waals surface area contributed by atoms with Gasteiger partial charge in [-0.05, 0) is 24.3 Å². The maximum Gasteiger partial charge on any atom is 0.417 e. The third-order valence-corrected chi connectivity index (χ3v) is 3.93. The summed E-state index contributed by atoms with van der Waals surface area (Å²) in [5.74, 6) is -1.02. The molecular formula is C20H19ClF3NO6. The molecule has 0 aliphatic rings. The van der Waals surface area contributed by atoms with Gasteiger partial charge in [0.2, 0.25) is 5.88 Å². The van der Waals surface area contributed by atoms with E-state index in [0.29, 0.717) is 43.4 Å². The van der Waals surface area contributed by atoms with E-state index in [1.54, 1.807) is 13.2 Å². The fourth-order valence-electron chi connectivity index (χ4n) is 2.21. The first-order valence-corrected chi connectivity index (χ1v) is 9.23. The molecule has 0 spiro atoms. The highest BCUT2D eigenvalue weighted by Gasteiger charge is 2.31. The van der Waals surface area contributed by atoms with Gasteiger partial charge in [-0.1, -0.05) is 11.6 Å². The first-order chi connectivity index (χ1) is 14.7. The Kier molecular flexibility index (Phi) is 9.10. The second-order valence-corrected chi connectivity index (χ2v) is 6.34. The number of rotatable bonds is 11. The highest BCUT2D eigenvalue weighted by molar-refractivity contribution is 6.31. The van der Waals surface area contributed by atoms with Crippen LogP contribution in [0.15, 0.2) is 36.5 Å². The van der Waals surface area contributed by atoms with Crippen molar-refractivity contribution in [1.82, 2.24) is 4.98 Å². The van der Waals surface area contributed by atoms with Crippen LogP contribution in [-0.2, 0) is 20.4 Å². The molecule has 0 bridgehead atoms.